The van der Waals surface area contributed by atoms with Gasteiger partial charge >= 0.3 is 0 Å². The van der Waals surface area contributed by atoms with Gasteiger partial charge in [-0.3, -0.25) is 9.78 Å². The van der Waals surface area contributed by atoms with Crippen molar-refractivity contribution < 1.29 is 9.18 Å². The van der Waals surface area contributed by atoms with Crippen molar-refractivity contribution in [1.82, 2.24) is 4.98 Å². The number of nitrogens with one attached hydrogen (secondary N) is 1. The number of benzene rings is 1. The van der Waals surface area contributed by atoms with Crippen LogP contribution in [0, 0.1) is 18.2 Å². The molecule has 5 heteroatoms. The van der Waals surface area contributed by atoms with Gasteiger partial charge in [-0.2, -0.15) is 0 Å². The number of carbonyl (C=O) groups is 1. The number of hydrogen-bond donors (Lipinski definition) is 1. The molecule has 0 aliphatic carbocycles. The number of piperidine rings is 1. The van der Waals surface area contributed by atoms with Crippen molar-refractivity contribution in [1.29, 1.82) is 0 Å². The fraction of sp³-hybridized carbons (Fsp3) is 0.368. The summed E-state index contributed by atoms with van der Waals surface area (Å²) in [6.07, 6.45) is 5.01. The van der Waals surface area contributed by atoms with Crippen LogP contribution in [0.2, 0.25) is 0 Å². The van der Waals surface area contributed by atoms with Crippen LogP contribution >= 0.6 is 0 Å². The summed E-state index contributed by atoms with van der Waals surface area (Å²) in [7, 11) is 0. The summed E-state index contributed by atoms with van der Waals surface area (Å²) >= 11 is 0. The minimum Gasteiger partial charge on any atom is -0.371 e. The lowest BCUT2D eigenvalue weighted by Crippen LogP contribution is -2.45. The van der Waals surface area contributed by atoms with Gasteiger partial charge in [0.1, 0.15) is 5.82 Å². The minimum absolute atomic E-state index is 0.110. The highest BCUT2D eigenvalue weighted by molar-refractivity contribution is 5.95. The molecule has 1 N–H and O–H groups in total. The van der Waals surface area contributed by atoms with E-state index in [9.17, 15) is 9.18 Å². The zero-order valence-electron chi connectivity index (χ0n) is 14.1. The Labute approximate surface area is 141 Å². The molecule has 1 aliphatic rings. The molecule has 0 radical (unpaired) electrons. The third-order valence-corrected chi connectivity index (χ3v) is 4.81. The molecular weight excluding hydrogens is 305 g/mol. The minimum atomic E-state index is -0.486. The fourth-order valence-corrected chi connectivity index (χ4v) is 3.05. The Morgan fingerprint density at radius 2 is 1.88 bits per heavy atom. The first-order chi connectivity index (χ1) is 11.5. The number of pyridine rings is 1. The van der Waals surface area contributed by atoms with Crippen LogP contribution in [-0.2, 0) is 4.79 Å². The van der Waals surface area contributed by atoms with E-state index in [0.29, 0.717) is 0 Å². The van der Waals surface area contributed by atoms with Crippen LogP contribution in [0.4, 0.5) is 15.8 Å². The third-order valence-electron chi connectivity index (χ3n) is 4.81. The zero-order valence-corrected chi connectivity index (χ0v) is 14.1. The van der Waals surface area contributed by atoms with Crippen LogP contribution in [0.25, 0.3) is 0 Å². The van der Waals surface area contributed by atoms with Crippen LogP contribution < -0.4 is 10.2 Å². The van der Waals surface area contributed by atoms with Gasteiger partial charge in [0.15, 0.2) is 0 Å². The van der Waals surface area contributed by atoms with Crippen LogP contribution in [-0.4, -0.2) is 24.0 Å². The van der Waals surface area contributed by atoms with Crippen molar-refractivity contribution in [3.05, 3.63) is 54.1 Å². The number of anilines is 2. The van der Waals surface area contributed by atoms with Crippen LogP contribution in [0.15, 0.2) is 42.7 Å². The summed E-state index contributed by atoms with van der Waals surface area (Å²) in [5, 5.41) is 2.77. The molecule has 24 heavy (non-hydrogen) atoms. The standard InChI is InChI=1S/C19H22FN3O/c1-14-3-4-16(20)17(13-14)22-18(24)19(2)7-11-23(12-8-19)15-5-9-21-10-6-15/h3-6,9-10,13H,7-8,11-12H2,1-2H3,(H,22,24). The monoisotopic (exact) mass is 327 g/mol. The van der Waals surface area contributed by atoms with Gasteiger partial charge in [-0.05, 0) is 49.6 Å². The van der Waals surface area contributed by atoms with E-state index in [1.807, 2.05) is 26.0 Å². The van der Waals surface area contributed by atoms with E-state index >= 15 is 0 Å². The molecule has 126 valence electrons. The highest BCUT2D eigenvalue weighted by Crippen LogP contribution is 2.34. The molecule has 0 atom stereocenters. The average Bonchev–Trinajstić information content (AvgIpc) is 2.59. The van der Waals surface area contributed by atoms with Gasteiger partial charge in [0, 0.05) is 31.2 Å². The van der Waals surface area contributed by atoms with Gasteiger partial charge in [-0.1, -0.05) is 13.0 Å². The van der Waals surface area contributed by atoms with Crippen LogP contribution in [0.1, 0.15) is 25.3 Å². The van der Waals surface area contributed by atoms with E-state index < -0.39 is 11.2 Å². The summed E-state index contributed by atoms with van der Waals surface area (Å²) in [5.41, 5.74) is 1.82. The lowest BCUT2D eigenvalue weighted by Gasteiger charge is -2.39. The van der Waals surface area contributed by atoms with Gasteiger partial charge < -0.3 is 10.2 Å². The number of rotatable bonds is 3. The Bertz CT molecular complexity index is 725. The SMILES string of the molecule is Cc1ccc(F)c(NC(=O)C2(C)CCN(c3ccncc3)CC2)c1. The number of aryl methyl sites for hydroxylation is 1. The lowest BCUT2D eigenvalue weighted by molar-refractivity contribution is -0.125. The summed E-state index contributed by atoms with van der Waals surface area (Å²) in [5.74, 6) is -0.506. The van der Waals surface area contributed by atoms with Gasteiger partial charge in [-0.25, -0.2) is 4.39 Å². The van der Waals surface area contributed by atoms with Crippen molar-refractivity contribution in [2.45, 2.75) is 26.7 Å². The molecule has 2 heterocycles. The maximum Gasteiger partial charge on any atom is 0.230 e. The molecule has 0 spiro atoms. The van der Waals surface area contributed by atoms with Crippen LogP contribution in [0.5, 0.6) is 0 Å². The van der Waals surface area contributed by atoms with Gasteiger partial charge in [0.2, 0.25) is 5.91 Å². The van der Waals surface area contributed by atoms with Crippen molar-refractivity contribution >= 4 is 17.3 Å². The predicted molar refractivity (Wildman–Crippen MR) is 93.6 cm³/mol. The Hall–Kier alpha value is -2.43. The molecule has 4 nitrogen and oxygen atoms in total. The van der Waals surface area contributed by atoms with Crippen molar-refractivity contribution in [3.8, 4) is 0 Å². The van der Waals surface area contributed by atoms with E-state index in [-0.39, 0.29) is 11.6 Å². The second-order valence-electron chi connectivity index (χ2n) is 6.69. The van der Waals surface area contributed by atoms with Crippen molar-refractivity contribution in [3.63, 3.8) is 0 Å². The first kappa shape index (κ1) is 16.4. The largest absolute Gasteiger partial charge is 0.371 e. The topological polar surface area (TPSA) is 45.2 Å². The first-order valence-electron chi connectivity index (χ1n) is 8.20. The number of nitrogens with zero attached hydrogens (tertiary/aromatic N) is 2. The molecule has 1 saturated heterocycles. The second kappa shape index (κ2) is 6.59. The van der Waals surface area contributed by atoms with E-state index in [4.69, 9.17) is 0 Å². The average molecular weight is 327 g/mol. The van der Waals surface area contributed by atoms with Gasteiger partial charge in [-0.15, -0.1) is 0 Å². The molecule has 2 aromatic rings. The summed E-state index contributed by atoms with van der Waals surface area (Å²) < 4.78 is 13.9. The normalized spacial score (nSPS) is 16.7. The molecule has 1 amide bonds. The predicted octanol–water partition coefficient (Wildman–Crippen LogP) is 3.77. The van der Waals surface area contributed by atoms with Gasteiger partial charge in [0.25, 0.3) is 0 Å². The number of amides is 1. The number of aromatic nitrogens is 1. The fourth-order valence-electron chi connectivity index (χ4n) is 3.05. The molecule has 0 unspecified atom stereocenters. The molecule has 1 fully saturated rings. The molecule has 0 bridgehead atoms. The van der Waals surface area contributed by atoms with E-state index in [0.717, 1.165) is 37.2 Å². The summed E-state index contributed by atoms with van der Waals surface area (Å²) in [4.78, 5) is 19.0. The molecule has 1 aromatic heterocycles. The van der Waals surface area contributed by atoms with E-state index in [1.54, 1.807) is 24.5 Å². The molecule has 1 aromatic carbocycles. The first-order valence-corrected chi connectivity index (χ1v) is 8.20. The Kier molecular flexibility index (Phi) is 4.51. The quantitative estimate of drug-likeness (QED) is 0.933. The number of halogens is 1. The van der Waals surface area contributed by atoms with Crippen molar-refractivity contribution in [2.75, 3.05) is 23.3 Å². The molecule has 0 saturated carbocycles. The number of hydrogen-bond acceptors (Lipinski definition) is 3. The molecular formula is C19H22FN3O. The Morgan fingerprint density at radius 3 is 2.54 bits per heavy atom. The second-order valence-corrected chi connectivity index (χ2v) is 6.69. The smallest absolute Gasteiger partial charge is 0.230 e. The lowest BCUT2D eigenvalue weighted by atomic mass is 9.79. The van der Waals surface area contributed by atoms with Crippen molar-refractivity contribution in [2.24, 2.45) is 5.41 Å². The Balaban J connectivity index is 1.67. The maximum absolute atomic E-state index is 13.9. The Morgan fingerprint density at radius 1 is 1.21 bits per heavy atom. The number of carbonyl (C=O) groups excluding carboxylic acids is 1. The summed E-state index contributed by atoms with van der Waals surface area (Å²) in [6, 6.07) is 8.71. The summed E-state index contributed by atoms with van der Waals surface area (Å²) in [6.45, 7) is 5.43. The van der Waals surface area contributed by atoms with Gasteiger partial charge in [0.05, 0.1) is 11.1 Å². The molecule has 1 aliphatic heterocycles. The van der Waals surface area contributed by atoms with Crippen LogP contribution in [0.3, 0.4) is 0 Å². The third kappa shape index (κ3) is 3.40. The maximum atomic E-state index is 13.9. The zero-order chi connectivity index (χ0) is 17.2. The molecule has 3 rings (SSSR count). The van der Waals surface area contributed by atoms with E-state index in [1.165, 1.54) is 6.07 Å². The highest BCUT2D eigenvalue weighted by Gasteiger charge is 2.37. The van der Waals surface area contributed by atoms with E-state index in [2.05, 4.69) is 15.2 Å². The highest BCUT2D eigenvalue weighted by atomic mass is 19.1.